The van der Waals surface area contributed by atoms with Crippen LogP contribution in [0, 0.1) is 5.82 Å². The minimum atomic E-state index is -0.982. The molecule has 0 aliphatic heterocycles. The van der Waals surface area contributed by atoms with E-state index in [4.69, 9.17) is 10.2 Å². The Balaban J connectivity index is 1.65. The van der Waals surface area contributed by atoms with Gasteiger partial charge in [-0.3, -0.25) is 4.79 Å². The molecular weight excluding hydrogens is 645 g/mol. The zero-order chi connectivity index (χ0) is 27.1. The highest BCUT2D eigenvalue weighted by molar-refractivity contribution is 14.2. The van der Waals surface area contributed by atoms with Gasteiger partial charge in [-0.15, -0.1) is 11.8 Å². The molecule has 0 amide bonds. The average Bonchev–Trinajstić information content (AvgIpc) is 2.93. The lowest BCUT2D eigenvalue weighted by Gasteiger charge is -2.19. The summed E-state index contributed by atoms with van der Waals surface area (Å²) in [5.41, 5.74) is 1.63. The van der Waals surface area contributed by atoms with Crippen LogP contribution in [0.4, 0.5) is 4.39 Å². The first-order chi connectivity index (χ1) is 18.4. The third kappa shape index (κ3) is 7.25. The summed E-state index contributed by atoms with van der Waals surface area (Å²) in [6.07, 6.45) is 0. The number of benzene rings is 4. The molecule has 2 unspecified atom stereocenters. The number of carbonyl (C=O) groups excluding carboxylic acids is 1. The van der Waals surface area contributed by atoms with Gasteiger partial charge in [0.05, 0.1) is 17.7 Å². The number of halogens is 2. The van der Waals surface area contributed by atoms with Gasteiger partial charge in [-0.2, -0.15) is 0 Å². The fraction of sp³-hybridized carbons (Fsp3) is 0.0741. The number of hydrogen-bond acceptors (Lipinski definition) is 6. The predicted molar refractivity (Wildman–Crippen MR) is 157 cm³/mol. The van der Waals surface area contributed by atoms with E-state index >= 15 is 4.39 Å². The second-order valence-electron chi connectivity index (χ2n) is 7.77. The van der Waals surface area contributed by atoms with Crippen LogP contribution in [0.2, 0.25) is 0 Å². The number of carbonyl (C=O) groups is 1. The smallest absolute Gasteiger partial charge is 0.182 e. The largest absolute Gasteiger partial charge is 0.508 e. The van der Waals surface area contributed by atoms with Gasteiger partial charge in [0, 0.05) is 26.8 Å². The minimum absolute atomic E-state index is 0.0436. The second kappa shape index (κ2) is 12.8. The molecule has 0 aliphatic carbocycles. The van der Waals surface area contributed by atoms with Crippen LogP contribution in [-0.4, -0.2) is 17.3 Å². The Hall–Kier alpha value is -2.59. The van der Waals surface area contributed by atoms with Crippen molar-refractivity contribution in [2.24, 2.45) is 0 Å². The second-order valence-corrected chi connectivity index (χ2v) is 15.0. The van der Waals surface area contributed by atoms with Crippen molar-refractivity contribution in [1.29, 1.82) is 1.28 Å². The lowest BCUT2D eigenvalue weighted by atomic mass is 10.0. The quantitative estimate of drug-likeness (QED) is 0.0777. The van der Waals surface area contributed by atoms with E-state index in [2.05, 4.69) is 0 Å². The fourth-order valence-electron chi connectivity index (χ4n) is 3.47. The van der Waals surface area contributed by atoms with Crippen molar-refractivity contribution >= 4 is 54.2 Å². The maximum atomic E-state index is 15.6. The number of thioether (sulfide) groups is 1. The van der Waals surface area contributed by atoms with Crippen molar-refractivity contribution in [3.05, 3.63) is 114 Å². The molecular formula is C27H21FIO5PS2. The average molecular weight is 668 g/mol. The van der Waals surface area contributed by atoms with Crippen LogP contribution in [0.25, 0.3) is 0 Å². The van der Waals surface area contributed by atoms with E-state index in [0.29, 0.717) is 24.8 Å². The van der Waals surface area contributed by atoms with E-state index in [1.54, 1.807) is 36.4 Å². The van der Waals surface area contributed by atoms with Crippen LogP contribution in [0.15, 0.2) is 95.9 Å². The van der Waals surface area contributed by atoms with Gasteiger partial charge in [-0.05, 0) is 67.6 Å². The molecule has 4 aromatic carbocycles. The van der Waals surface area contributed by atoms with Gasteiger partial charge < -0.3 is 19.1 Å². The summed E-state index contributed by atoms with van der Waals surface area (Å²) in [6.45, 7) is 0.133. The number of phenolic OH excluding ortho intramolecular Hbond substituents is 2. The molecule has 0 bridgehead atoms. The van der Waals surface area contributed by atoms with E-state index in [0.717, 1.165) is 17.3 Å². The molecule has 37 heavy (non-hydrogen) atoms. The zero-order valence-corrected chi connectivity index (χ0v) is 23.8. The summed E-state index contributed by atoms with van der Waals surface area (Å²) in [5, 5.41) is 19.6. The molecule has 4 rings (SSSR count). The van der Waals surface area contributed by atoms with E-state index in [9.17, 15) is 15.0 Å². The van der Waals surface area contributed by atoms with Gasteiger partial charge in [-0.25, -0.2) is 4.39 Å². The van der Waals surface area contributed by atoms with Gasteiger partial charge >= 0.3 is 0 Å². The van der Waals surface area contributed by atoms with E-state index in [1.807, 2.05) is 51.5 Å². The van der Waals surface area contributed by atoms with E-state index < -0.39 is 18.6 Å². The minimum Gasteiger partial charge on any atom is -0.508 e. The molecule has 5 nitrogen and oxygen atoms in total. The first-order valence-electron chi connectivity index (χ1n) is 11.3. The third-order valence-corrected chi connectivity index (χ3v) is 7.67. The van der Waals surface area contributed by atoms with Crippen molar-refractivity contribution in [3.63, 3.8) is 0 Å². The standard InChI is InChI=1S/C27H21FIO5PS2/c28-24-23(33-16-17-5-2-1-3-6-17)14-13-22(31)27(24)36-26(19-7-4-8-20(30)15-19)25(32)18-9-11-21(12-10-18)34-37(29)35/h1-15,26,30-31,35H,16H2/i35T. The lowest BCUT2D eigenvalue weighted by Crippen LogP contribution is -2.11. The fourth-order valence-corrected chi connectivity index (χ4v) is 5.78. The normalized spacial score (nSPS) is 13.0. The molecule has 0 aliphatic rings. The lowest BCUT2D eigenvalue weighted by molar-refractivity contribution is 0.0989. The summed E-state index contributed by atoms with van der Waals surface area (Å²) in [6, 6.07) is 24.6. The molecule has 0 spiro atoms. The molecule has 2 atom stereocenters. The van der Waals surface area contributed by atoms with Crippen molar-refractivity contribution in [2.45, 2.75) is 16.8 Å². The van der Waals surface area contributed by atoms with Crippen LogP contribution < -0.4 is 8.92 Å². The summed E-state index contributed by atoms with van der Waals surface area (Å²) < 4.78 is 34.2. The number of ether oxygens (including phenoxy) is 1. The number of rotatable bonds is 10. The highest BCUT2D eigenvalue weighted by Crippen LogP contribution is 2.45. The number of ketones is 1. The van der Waals surface area contributed by atoms with E-state index in [-0.39, 0.29) is 34.5 Å². The Morgan fingerprint density at radius 3 is 2.51 bits per heavy atom. The number of Topliss-reactive ketones (excluding diaryl/α,β-unsaturated/α-hetero) is 1. The van der Waals surface area contributed by atoms with Crippen LogP contribution in [0.3, 0.4) is 0 Å². The van der Waals surface area contributed by atoms with Crippen LogP contribution in [0.1, 0.15) is 26.7 Å². The molecule has 0 fully saturated rings. The number of aromatic hydroxyl groups is 2. The molecule has 10 heteroatoms. The summed E-state index contributed by atoms with van der Waals surface area (Å²) in [4.78, 5) is 13.5. The van der Waals surface area contributed by atoms with Crippen molar-refractivity contribution in [1.82, 2.24) is 0 Å². The topological polar surface area (TPSA) is 76.0 Å². The number of phenols is 2. The molecule has 2 N–H and O–H groups in total. The van der Waals surface area contributed by atoms with E-state index in [1.165, 1.54) is 24.3 Å². The maximum absolute atomic E-state index is 15.6. The van der Waals surface area contributed by atoms with Crippen molar-refractivity contribution in [2.75, 3.05) is 0 Å². The molecule has 0 radical (unpaired) electrons. The molecule has 190 valence electrons. The highest BCUT2D eigenvalue weighted by Gasteiger charge is 2.28. The maximum Gasteiger partial charge on any atom is 0.182 e. The Morgan fingerprint density at radius 1 is 1.05 bits per heavy atom. The molecule has 0 heterocycles. The number of hydrogen-bond donors (Lipinski definition) is 2. The van der Waals surface area contributed by atoms with Gasteiger partial charge in [0.25, 0.3) is 0 Å². The van der Waals surface area contributed by atoms with Gasteiger partial charge in [0.1, 0.15) is 25.1 Å². The highest BCUT2D eigenvalue weighted by atomic mass is 127. The van der Waals surface area contributed by atoms with Gasteiger partial charge in [-0.1, -0.05) is 42.5 Å². The Bertz CT molecular complexity index is 1460. The molecule has 0 aromatic heterocycles. The summed E-state index contributed by atoms with van der Waals surface area (Å²) in [5.74, 6) is -1.04. The first-order valence-corrected chi connectivity index (χ1v) is 16.5. The Kier molecular flexibility index (Phi) is 8.99. The van der Waals surface area contributed by atoms with Crippen LogP contribution in [0.5, 0.6) is 23.0 Å². The van der Waals surface area contributed by atoms with Crippen LogP contribution in [-0.2, 0) is 14.1 Å². The van der Waals surface area contributed by atoms with Gasteiger partial charge in [0.2, 0.25) is 0 Å². The zero-order valence-electron chi connectivity index (χ0n) is 20.1. The molecule has 0 saturated heterocycles. The Morgan fingerprint density at radius 2 is 1.81 bits per heavy atom. The Labute approximate surface area is 235 Å². The molecule has 4 aromatic rings. The van der Waals surface area contributed by atoms with Crippen LogP contribution >= 0.6 is 40.9 Å². The van der Waals surface area contributed by atoms with Crippen molar-refractivity contribution in [3.8, 4) is 23.0 Å². The third-order valence-electron chi connectivity index (χ3n) is 5.23. The summed E-state index contributed by atoms with van der Waals surface area (Å²) in [7, 11) is -0.276. The summed E-state index contributed by atoms with van der Waals surface area (Å²) >= 11 is 2.86. The van der Waals surface area contributed by atoms with Crippen molar-refractivity contribution < 1.29 is 28.3 Å². The van der Waals surface area contributed by atoms with Gasteiger partial charge in [0.15, 0.2) is 17.3 Å². The predicted octanol–water partition coefficient (Wildman–Crippen LogP) is 7.85. The monoisotopic (exact) mass is 668 g/mol. The SMILES string of the molecule is [3H]P=S(I)Oc1ccc(C(=O)C(Sc2c(O)ccc(OCc3ccccc3)c2F)c2cccc(O)c2)cc1. The first kappa shape index (κ1) is 26.0. The molecule has 0 saturated carbocycles.